The van der Waals surface area contributed by atoms with Crippen molar-refractivity contribution >= 4 is 33.4 Å². The van der Waals surface area contributed by atoms with Crippen molar-refractivity contribution < 1.29 is 19.1 Å². The average Bonchev–Trinajstić information content (AvgIpc) is 3.38. The average molecular weight is 523 g/mol. The Morgan fingerprint density at radius 2 is 1.79 bits per heavy atom. The van der Waals surface area contributed by atoms with E-state index in [-0.39, 0.29) is 17.9 Å². The summed E-state index contributed by atoms with van der Waals surface area (Å²) >= 11 is 3.50. The number of nitrogens with one attached hydrogen (secondary N) is 2. The Morgan fingerprint density at radius 1 is 1.00 bits per heavy atom. The predicted molar refractivity (Wildman–Crippen MR) is 135 cm³/mol. The number of carbonyl (C=O) groups is 2. The number of benzene rings is 3. The fraction of sp³-hybridized carbons (Fsp3) is 0.259. The molecule has 0 aromatic heterocycles. The first-order chi connectivity index (χ1) is 16.6. The Kier molecular flexibility index (Phi) is 8.33. The van der Waals surface area contributed by atoms with Crippen LogP contribution in [0.3, 0.4) is 0 Å². The molecule has 3 aromatic carbocycles. The lowest BCUT2D eigenvalue weighted by Crippen LogP contribution is -2.32. The van der Waals surface area contributed by atoms with E-state index in [1.807, 2.05) is 18.2 Å². The summed E-state index contributed by atoms with van der Waals surface area (Å²) in [6.45, 7) is 1.72. The van der Waals surface area contributed by atoms with E-state index in [4.69, 9.17) is 9.47 Å². The lowest BCUT2D eigenvalue weighted by molar-refractivity contribution is 0.0858. The monoisotopic (exact) mass is 522 g/mol. The van der Waals surface area contributed by atoms with E-state index in [1.54, 1.807) is 42.5 Å². The van der Waals surface area contributed by atoms with Crippen LogP contribution in [-0.4, -0.2) is 37.7 Å². The Morgan fingerprint density at radius 3 is 2.56 bits per heavy atom. The van der Waals surface area contributed by atoms with E-state index >= 15 is 0 Å². The number of hydrogen-bond acceptors (Lipinski definition) is 4. The first-order valence-corrected chi connectivity index (χ1v) is 12.2. The molecule has 2 amide bonds. The number of hydrogen-bond donors (Lipinski definition) is 2. The largest absolute Gasteiger partial charge is 0.492 e. The maximum absolute atomic E-state index is 12.9. The molecule has 1 heterocycles. The molecular weight excluding hydrogens is 496 g/mol. The number of carbonyl (C=O) groups excluding carboxylic acids is 2. The maximum Gasteiger partial charge on any atom is 0.255 e. The quantitative estimate of drug-likeness (QED) is 0.403. The standard InChI is InChI=1S/C27H27BrN2O4/c28-23-17-20(12-13-25(23)34-16-14-19-7-2-1-3-8-19)26(31)30-24-11-5-4-10-22(24)27(32)29-18-21-9-6-15-33-21/h1-5,7-8,10-13,17,21H,6,9,14-16,18H2,(H,29,32)(H,30,31). The first-order valence-electron chi connectivity index (χ1n) is 11.4. The van der Waals surface area contributed by atoms with Crippen molar-refractivity contribution in [2.45, 2.75) is 25.4 Å². The highest BCUT2D eigenvalue weighted by Gasteiger charge is 2.19. The van der Waals surface area contributed by atoms with Crippen LogP contribution in [0.1, 0.15) is 39.1 Å². The highest BCUT2D eigenvalue weighted by Crippen LogP contribution is 2.27. The second-order valence-electron chi connectivity index (χ2n) is 8.07. The number of para-hydroxylation sites is 1. The van der Waals surface area contributed by atoms with Crippen molar-refractivity contribution in [3.05, 3.63) is 94.0 Å². The van der Waals surface area contributed by atoms with Crippen molar-refractivity contribution in [2.75, 3.05) is 25.1 Å². The highest BCUT2D eigenvalue weighted by atomic mass is 79.9. The topological polar surface area (TPSA) is 76.7 Å². The Labute approximate surface area is 207 Å². The molecule has 176 valence electrons. The van der Waals surface area contributed by atoms with Crippen molar-refractivity contribution in [1.29, 1.82) is 0 Å². The third kappa shape index (κ3) is 6.46. The van der Waals surface area contributed by atoms with Gasteiger partial charge < -0.3 is 20.1 Å². The second-order valence-corrected chi connectivity index (χ2v) is 8.93. The number of halogens is 1. The summed E-state index contributed by atoms with van der Waals surface area (Å²) in [6, 6.07) is 22.3. The Hall–Kier alpha value is -3.16. The molecule has 0 saturated carbocycles. The maximum atomic E-state index is 12.9. The van der Waals surface area contributed by atoms with Gasteiger partial charge in [0.2, 0.25) is 0 Å². The molecule has 1 fully saturated rings. The summed E-state index contributed by atoms with van der Waals surface area (Å²) in [5.41, 5.74) is 2.52. The van der Waals surface area contributed by atoms with E-state index in [0.29, 0.717) is 40.2 Å². The van der Waals surface area contributed by atoms with Crippen molar-refractivity contribution in [3.63, 3.8) is 0 Å². The van der Waals surface area contributed by atoms with Crippen LogP contribution in [0.25, 0.3) is 0 Å². The van der Waals surface area contributed by atoms with Crippen molar-refractivity contribution in [3.8, 4) is 5.75 Å². The summed E-state index contributed by atoms with van der Waals surface area (Å²) in [5, 5.41) is 5.76. The second kappa shape index (κ2) is 11.8. The molecule has 1 unspecified atom stereocenters. The molecule has 0 bridgehead atoms. The van der Waals surface area contributed by atoms with Gasteiger partial charge in [-0.2, -0.15) is 0 Å². The molecule has 0 spiro atoms. The third-order valence-electron chi connectivity index (χ3n) is 5.62. The molecule has 1 aliphatic rings. The number of rotatable bonds is 9. The van der Waals surface area contributed by atoms with Crippen LogP contribution in [0.15, 0.2) is 77.3 Å². The van der Waals surface area contributed by atoms with Gasteiger partial charge in [0, 0.05) is 25.1 Å². The van der Waals surface area contributed by atoms with E-state index < -0.39 is 0 Å². The van der Waals surface area contributed by atoms with Crippen LogP contribution in [0.4, 0.5) is 5.69 Å². The van der Waals surface area contributed by atoms with Crippen LogP contribution < -0.4 is 15.4 Å². The fourth-order valence-electron chi connectivity index (χ4n) is 3.77. The van der Waals surface area contributed by atoms with E-state index in [9.17, 15) is 9.59 Å². The smallest absolute Gasteiger partial charge is 0.255 e. The fourth-order valence-corrected chi connectivity index (χ4v) is 4.27. The van der Waals surface area contributed by atoms with Gasteiger partial charge in [0.1, 0.15) is 5.75 Å². The van der Waals surface area contributed by atoms with Gasteiger partial charge in [-0.1, -0.05) is 42.5 Å². The summed E-state index contributed by atoms with van der Waals surface area (Å²) in [4.78, 5) is 25.6. The zero-order valence-electron chi connectivity index (χ0n) is 18.8. The molecule has 0 radical (unpaired) electrons. The van der Waals surface area contributed by atoms with Gasteiger partial charge in [-0.3, -0.25) is 9.59 Å². The minimum Gasteiger partial charge on any atom is -0.492 e. The van der Waals surface area contributed by atoms with Crippen LogP contribution in [0, 0.1) is 0 Å². The molecule has 1 saturated heterocycles. The summed E-state index contributed by atoms with van der Waals surface area (Å²) in [7, 11) is 0. The van der Waals surface area contributed by atoms with E-state index in [0.717, 1.165) is 25.9 Å². The minimum absolute atomic E-state index is 0.0523. The third-order valence-corrected chi connectivity index (χ3v) is 6.24. The zero-order valence-corrected chi connectivity index (χ0v) is 20.3. The molecule has 7 heteroatoms. The van der Waals surface area contributed by atoms with Crippen LogP contribution >= 0.6 is 15.9 Å². The molecule has 1 aliphatic heterocycles. The number of amides is 2. The zero-order chi connectivity index (χ0) is 23.8. The Bertz CT molecular complexity index is 1130. The SMILES string of the molecule is O=C(Nc1ccccc1C(=O)NCC1CCCO1)c1ccc(OCCc2ccccc2)c(Br)c1. The normalized spacial score (nSPS) is 15.0. The van der Waals surface area contributed by atoms with Gasteiger partial charge in [-0.25, -0.2) is 0 Å². The van der Waals surface area contributed by atoms with Gasteiger partial charge in [0.25, 0.3) is 11.8 Å². The van der Waals surface area contributed by atoms with E-state index in [2.05, 4.69) is 38.7 Å². The highest BCUT2D eigenvalue weighted by molar-refractivity contribution is 9.10. The van der Waals surface area contributed by atoms with Crippen molar-refractivity contribution in [1.82, 2.24) is 5.32 Å². The lowest BCUT2D eigenvalue weighted by atomic mass is 10.1. The van der Waals surface area contributed by atoms with Gasteiger partial charge >= 0.3 is 0 Å². The molecule has 3 aromatic rings. The molecule has 4 rings (SSSR count). The Balaban J connectivity index is 1.36. The van der Waals surface area contributed by atoms with Gasteiger partial charge in [0.15, 0.2) is 0 Å². The molecule has 6 nitrogen and oxygen atoms in total. The summed E-state index contributed by atoms with van der Waals surface area (Å²) < 4.78 is 12.1. The lowest BCUT2D eigenvalue weighted by Gasteiger charge is -2.14. The molecule has 0 aliphatic carbocycles. The van der Waals surface area contributed by atoms with Crippen molar-refractivity contribution in [2.24, 2.45) is 0 Å². The van der Waals surface area contributed by atoms with Gasteiger partial charge in [-0.05, 0) is 64.7 Å². The predicted octanol–water partition coefficient (Wildman–Crippen LogP) is 5.23. The van der Waals surface area contributed by atoms with Gasteiger partial charge in [0.05, 0.1) is 28.4 Å². The minimum atomic E-state index is -0.309. The molecule has 2 N–H and O–H groups in total. The number of anilines is 1. The molecule has 1 atom stereocenters. The van der Waals surface area contributed by atoms with Crippen LogP contribution in [0.2, 0.25) is 0 Å². The van der Waals surface area contributed by atoms with E-state index in [1.165, 1.54) is 5.56 Å². The molecule has 34 heavy (non-hydrogen) atoms. The molecular formula is C27H27BrN2O4. The van der Waals surface area contributed by atoms with Crippen LogP contribution in [-0.2, 0) is 11.2 Å². The van der Waals surface area contributed by atoms with Crippen LogP contribution in [0.5, 0.6) is 5.75 Å². The number of ether oxygens (including phenoxy) is 2. The first kappa shape index (κ1) is 24.0. The van der Waals surface area contributed by atoms with Gasteiger partial charge in [-0.15, -0.1) is 0 Å². The summed E-state index contributed by atoms with van der Waals surface area (Å²) in [5.74, 6) is 0.118. The summed E-state index contributed by atoms with van der Waals surface area (Å²) in [6.07, 6.45) is 2.80.